The number of rotatable bonds is 0. The van der Waals surface area contributed by atoms with Gasteiger partial charge in [-0.25, -0.2) is 0 Å². The molecule has 0 aromatic heterocycles. The number of aliphatic hydroxyl groups excluding tert-OH is 1. The number of carbonyl (C=O) groups excluding carboxylic acids is 2. The van der Waals surface area contributed by atoms with Crippen LogP contribution in [0.4, 0.5) is 0 Å². The molecule has 120 valence electrons. The van der Waals surface area contributed by atoms with Gasteiger partial charge in [-0.3, -0.25) is 9.59 Å². The first-order valence-corrected chi connectivity index (χ1v) is 8.80. The molecule has 0 radical (unpaired) electrons. The largest absolute Gasteiger partial charge is 0.389 e. The number of allylic oxidation sites excluding steroid dienone is 1. The molecule has 3 fully saturated rings. The smallest absolute Gasteiger partial charge is 0.139 e. The predicted octanol–water partition coefficient (Wildman–Crippen LogP) is 3.06. The minimum atomic E-state index is -0.477. The molecule has 1 N–H and O–H groups in total. The molecule has 0 bridgehead atoms. The molecule has 4 aliphatic carbocycles. The van der Waals surface area contributed by atoms with Gasteiger partial charge in [0.05, 0.1) is 6.10 Å². The van der Waals surface area contributed by atoms with E-state index in [1.165, 1.54) is 5.57 Å². The summed E-state index contributed by atoms with van der Waals surface area (Å²) in [4.78, 5) is 24.2. The topological polar surface area (TPSA) is 54.4 Å². The van der Waals surface area contributed by atoms with Crippen LogP contribution < -0.4 is 0 Å². The first-order chi connectivity index (χ1) is 10.4. The molecule has 4 aliphatic rings. The van der Waals surface area contributed by atoms with Crippen molar-refractivity contribution in [2.75, 3.05) is 0 Å². The van der Waals surface area contributed by atoms with E-state index in [0.29, 0.717) is 42.7 Å². The van der Waals surface area contributed by atoms with Crippen LogP contribution in [0.5, 0.6) is 0 Å². The molecule has 0 saturated heterocycles. The highest BCUT2D eigenvalue weighted by atomic mass is 16.3. The second-order valence-electron chi connectivity index (χ2n) is 8.52. The van der Waals surface area contributed by atoms with E-state index in [0.717, 1.165) is 25.7 Å². The summed E-state index contributed by atoms with van der Waals surface area (Å²) in [6.07, 6.45) is 7.22. The van der Waals surface area contributed by atoms with Crippen molar-refractivity contribution in [3.8, 4) is 0 Å². The monoisotopic (exact) mass is 302 g/mol. The van der Waals surface area contributed by atoms with E-state index in [1.807, 2.05) is 6.08 Å². The Morgan fingerprint density at radius 3 is 2.55 bits per heavy atom. The second-order valence-corrected chi connectivity index (χ2v) is 8.52. The summed E-state index contributed by atoms with van der Waals surface area (Å²) >= 11 is 0. The molecule has 0 spiro atoms. The summed E-state index contributed by atoms with van der Waals surface area (Å²) in [7, 11) is 0. The molecule has 3 heteroatoms. The summed E-state index contributed by atoms with van der Waals surface area (Å²) in [5, 5.41) is 10.8. The van der Waals surface area contributed by atoms with E-state index in [1.54, 1.807) is 0 Å². The number of hydrogen-bond donors (Lipinski definition) is 1. The van der Waals surface area contributed by atoms with Crippen LogP contribution in [0.15, 0.2) is 11.6 Å². The van der Waals surface area contributed by atoms with E-state index < -0.39 is 6.10 Å². The van der Waals surface area contributed by atoms with Crippen molar-refractivity contribution in [3.63, 3.8) is 0 Å². The first kappa shape index (κ1) is 14.6. The third-order valence-corrected chi connectivity index (χ3v) is 7.67. The number of ketones is 2. The van der Waals surface area contributed by atoms with Crippen LogP contribution in [-0.4, -0.2) is 22.8 Å². The number of hydrogen-bond acceptors (Lipinski definition) is 3. The molecule has 6 atom stereocenters. The number of fused-ring (bicyclic) bond motifs is 5. The highest BCUT2D eigenvalue weighted by molar-refractivity contribution is 5.87. The molecule has 22 heavy (non-hydrogen) atoms. The summed E-state index contributed by atoms with van der Waals surface area (Å²) in [6, 6.07) is 0. The maximum atomic E-state index is 12.4. The molecule has 3 saturated carbocycles. The van der Waals surface area contributed by atoms with Gasteiger partial charge in [0.2, 0.25) is 0 Å². The zero-order chi connectivity index (χ0) is 15.7. The van der Waals surface area contributed by atoms with Gasteiger partial charge in [0.15, 0.2) is 0 Å². The van der Waals surface area contributed by atoms with Crippen molar-refractivity contribution >= 4 is 11.6 Å². The third-order valence-electron chi connectivity index (χ3n) is 7.67. The van der Waals surface area contributed by atoms with Gasteiger partial charge in [-0.2, -0.15) is 0 Å². The van der Waals surface area contributed by atoms with Crippen LogP contribution in [0.1, 0.15) is 58.8 Å². The van der Waals surface area contributed by atoms with Crippen molar-refractivity contribution < 1.29 is 14.7 Å². The van der Waals surface area contributed by atoms with Crippen molar-refractivity contribution in [2.24, 2.45) is 28.6 Å². The zero-order valence-corrected chi connectivity index (χ0v) is 13.6. The Morgan fingerprint density at radius 1 is 1.05 bits per heavy atom. The normalized spacial score (nSPS) is 51.0. The molecule has 0 aliphatic heterocycles. The Hall–Kier alpha value is -0.960. The predicted molar refractivity (Wildman–Crippen MR) is 83.1 cm³/mol. The van der Waals surface area contributed by atoms with Gasteiger partial charge in [-0.05, 0) is 48.9 Å². The van der Waals surface area contributed by atoms with Gasteiger partial charge in [-0.1, -0.05) is 25.5 Å². The highest BCUT2D eigenvalue weighted by Gasteiger charge is 2.60. The van der Waals surface area contributed by atoms with Gasteiger partial charge < -0.3 is 5.11 Å². The fraction of sp³-hybridized carbons (Fsp3) is 0.789. The van der Waals surface area contributed by atoms with Crippen LogP contribution in [0, 0.1) is 28.6 Å². The molecule has 3 nitrogen and oxygen atoms in total. The fourth-order valence-corrected chi connectivity index (χ4v) is 6.24. The maximum absolute atomic E-state index is 12.4. The lowest BCUT2D eigenvalue weighted by atomic mass is 9.47. The molecule has 0 aromatic carbocycles. The lowest BCUT2D eigenvalue weighted by Gasteiger charge is -2.57. The van der Waals surface area contributed by atoms with E-state index in [4.69, 9.17) is 0 Å². The SMILES string of the molecule is C[C@]12CCC(=O)CC1=CC(O)[C@@H]1[C@H]2CC[C@]2(C)C(=O)CC[C@@H]12. The van der Waals surface area contributed by atoms with Crippen LogP contribution in [-0.2, 0) is 9.59 Å². The fourth-order valence-electron chi connectivity index (χ4n) is 6.24. The summed E-state index contributed by atoms with van der Waals surface area (Å²) in [5.41, 5.74) is 1.02. The number of Topliss-reactive ketones (excluding diaryl/α,β-unsaturated/α-hetero) is 2. The minimum Gasteiger partial charge on any atom is -0.389 e. The average Bonchev–Trinajstić information content (AvgIpc) is 2.77. The summed E-state index contributed by atoms with van der Waals surface area (Å²) in [6.45, 7) is 4.43. The lowest BCUT2D eigenvalue weighted by Crippen LogP contribution is -2.54. The molecule has 4 rings (SSSR count). The number of aliphatic hydroxyl groups is 1. The van der Waals surface area contributed by atoms with Crippen molar-refractivity contribution in [1.82, 2.24) is 0 Å². The minimum absolute atomic E-state index is 0.0603. The van der Waals surface area contributed by atoms with E-state index in [-0.39, 0.29) is 16.7 Å². The van der Waals surface area contributed by atoms with Gasteiger partial charge in [0.1, 0.15) is 11.6 Å². The molecule has 0 amide bonds. The quantitative estimate of drug-likeness (QED) is 0.700. The van der Waals surface area contributed by atoms with Gasteiger partial charge in [0.25, 0.3) is 0 Å². The van der Waals surface area contributed by atoms with Crippen LogP contribution in [0.25, 0.3) is 0 Å². The summed E-state index contributed by atoms with van der Waals surface area (Å²) < 4.78 is 0. The summed E-state index contributed by atoms with van der Waals surface area (Å²) in [5.74, 6) is 1.67. The van der Waals surface area contributed by atoms with Crippen molar-refractivity contribution in [1.29, 1.82) is 0 Å². The maximum Gasteiger partial charge on any atom is 0.139 e. The number of carbonyl (C=O) groups is 2. The first-order valence-electron chi connectivity index (χ1n) is 8.80. The van der Waals surface area contributed by atoms with Crippen LogP contribution >= 0.6 is 0 Å². The lowest BCUT2D eigenvalue weighted by molar-refractivity contribution is -0.136. The van der Waals surface area contributed by atoms with Gasteiger partial charge >= 0.3 is 0 Å². The van der Waals surface area contributed by atoms with Gasteiger partial charge in [0, 0.05) is 24.7 Å². The van der Waals surface area contributed by atoms with Crippen molar-refractivity contribution in [2.45, 2.75) is 64.9 Å². The van der Waals surface area contributed by atoms with Gasteiger partial charge in [-0.15, -0.1) is 0 Å². The molecule has 0 aromatic rings. The molecule has 0 heterocycles. The highest BCUT2D eigenvalue weighted by Crippen LogP contribution is 2.63. The Bertz CT molecular complexity index is 577. The van der Waals surface area contributed by atoms with Crippen molar-refractivity contribution in [3.05, 3.63) is 11.6 Å². The Kier molecular flexibility index (Phi) is 3.01. The second kappa shape index (κ2) is 4.53. The standard InChI is InChI=1S/C19H26O3/c1-18-7-5-12(20)9-11(18)10-15(21)17-13-3-4-16(22)19(13,2)8-6-14(17)18/h10,13-15,17,21H,3-9H2,1-2H3/t13-,14+,15?,17-,18-,19-/m0/s1. The Labute approximate surface area is 132 Å². The Balaban J connectivity index is 1.76. The Morgan fingerprint density at radius 2 is 1.77 bits per heavy atom. The molecular formula is C19H26O3. The van der Waals surface area contributed by atoms with Crippen LogP contribution in [0.3, 0.4) is 0 Å². The average molecular weight is 302 g/mol. The third kappa shape index (κ3) is 1.72. The zero-order valence-electron chi connectivity index (χ0n) is 13.6. The van der Waals surface area contributed by atoms with E-state index in [9.17, 15) is 14.7 Å². The van der Waals surface area contributed by atoms with E-state index >= 15 is 0 Å². The molecule has 1 unspecified atom stereocenters. The van der Waals surface area contributed by atoms with Crippen LogP contribution in [0.2, 0.25) is 0 Å². The van der Waals surface area contributed by atoms with E-state index in [2.05, 4.69) is 13.8 Å². The molecular weight excluding hydrogens is 276 g/mol.